The molecule has 0 bridgehead atoms. The number of aliphatic hydroxyl groups is 1. The quantitative estimate of drug-likeness (QED) is 0.658. The third kappa shape index (κ3) is 2.48. The molecule has 6 heteroatoms. The summed E-state index contributed by atoms with van der Waals surface area (Å²) in [4.78, 5) is 26.2. The molecule has 0 aromatic rings. The topological polar surface area (TPSA) is 81.1 Å². The molecule has 1 saturated heterocycles. The van der Waals surface area contributed by atoms with E-state index in [2.05, 4.69) is 0 Å². The van der Waals surface area contributed by atoms with Gasteiger partial charge in [-0.25, -0.2) is 9.59 Å². The minimum absolute atomic E-state index is 0.106. The van der Waals surface area contributed by atoms with Crippen LogP contribution in [0.1, 0.15) is 19.8 Å². The Bertz CT molecular complexity index is 394. The van der Waals surface area contributed by atoms with Crippen LogP contribution in [-0.4, -0.2) is 63.8 Å². The highest BCUT2D eigenvalue weighted by Gasteiger charge is 2.40. The highest BCUT2D eigenvalue weighted by atomic mass is 16.4. The van der Waals surface area contributed by atoms with Gasteiger partial charge in [0.15, 0.2) is 0 Å². The Morgan fingerprint density at radius 3 is 2.72 bits per heavy atom. The molecule has 1 fully saturated rings. The van der Waals surface area contributed by atoms with E-state index < -0.39 is 18.1 Å². The van der Waals surface area contributed by atoms with Crippen molar-refractivity contribution in [1.29, 1.82) is 0 Å². The Balaban J connectivity index is 2.06. The predicted molar refractivity (Wildman–Crippen MR) is 64.1 cm³/mol. The molecule has 100 valence electrons. The standard InChI is InChI=1S/C12H18N2O4/c1-8-2-4-13(5-3-8)12(18)14-7-9(15)6-10(14)11(16)17/h2,9-10,15H,3-7H2,1H3,(H,16,17)/t9-,10+/m1/s1. The molecule has 2 aliphatic heterocycles. The lowest BCUT2D eigenvalue weighted by molar-refractivity contribution is -0.141. The van der Waals surface area contributed by atoms with Crippen molar-refractivity contribution < 1.29 is 19.8 Å². The highest BCUT2D eigenvalue weighted by Crippen LogP contribution is 2.21. The van der Waals surface area contributed by atoms with Crippen LogP contribution in [0.4, 0.5) is 4.79 Å². The number of carboxylic acid groups (broad SMARTS) is 1. The summed E-state index contributed by atoms with van der Waals surface area (Å²) in [6.07, 6.45) is 2.17. The molecule has 2 rings (SSSR count). The maximum atomic E-state index is 12.2. The molecule has 2 atom stereocenters. The van der Waals surface area contributed by atoms with E-state index >= 15 is 0 Å². The number of carbonyl (C=O) groups is 2. The van der Waals surface area contributed by atoms with Gasteiger partial charge in [-0.3, -0.25) is 0 Å². The van der Waals surface area contributed by atoms with Crippen LogP contribution in [0.25, 0.3) is 0 Å². The van der Waals surface area contributed by atoms with Crippen molar-refractivity contribution in [2.24, 2.45) is 0 Å². The minimum atomic E-state index is -1.05. The first-order valence-electron chi connectivity index (χ1n) is 6.11. The van der Waals surface area contributed by atoms with Gasteiger partial charge in [0.1, 0.15) is 6.04 Å². The van der Waals surface area contributed by atoms with E-state index in [-0.39, 0.29) is 19.0 Å². The fourth-order valence-corrected chi connectivity index (χ4v) is 2.39. The Labute approximate surface area is 105 Å². The molecule has 0 radical (unpaired) electrons. The van der Waals surface area contributed by atoms with Gasteiger partial charge in [-0.2, -0.15) is 0 Å². The molecule has 18 heavy (non-hydrogen) atoms. The van der Waals surface area contributed by atoms with E-state index in [4.69, 9.17) is 5.11 Å². The monoisotopic (exact) mass is 254 g/mol. The first-order valence-corrected chi connectivity index (χ1v) is 6.11. The first-order chi connectivity index (χ1) is 8.49. The second kappa shape index (κ2) is 4.97. The van der Waals surface area contributed by atoms with Crippen molar-refractivity contribution in [2.45, 2.75) is 31.9 Å². The summed E-state index contributed by atoms with van der Waals surface area (Å²) in [6, 6.07) is -1.19. The lowest BCUT2D eigenvalue weighted by Crippen LogP contribution is -2.49. The number of likely N-dealkylation sites (tertiary alicyclic amines) is 1. The van der Waals surface area contributed by atoms with Gasteiger partial charge in [0.25, 0.3) is 0 Å². The summed E-state index contributed by atoms with van der Waals surface area (Å²) >= 11 is 0. The number of β-amino-alcohol motifs (C(OH)–C–C–N with tert-alkyl or cyclic N) is 1. The number of hydrogen-bond donors (Lipinski definition) is 2. The van der Waals surface area contributed by atoms with Gasteiger partial charge >= 0.3 is 12.0 Å². The summed E-state index contributed by atoms with van der Waals surface area (Å²) in [6.45, 7) is 3.25. The zero-order valence-corrected chi connectivity index (χ0v) is 10.4. The van der Waals surface area contributed by atoms with Crippen LogP contribution in [0, 0.1) is 0 Å². The number of carbonyl (C=O) groups excluding carboxylic acids is 1. The number of amides is 2. The van der Waals surface area contributed by atoms with Crippen LogP contribution < -0.4 is 0 Å². The van der Waals surface area contributed by atoms with Gasteiger partial charge in [0.05, 0.1) is 6.10 Å². The fourth-order valence-electron chi connectivity index (χ4n) is 2.39. The molecular weight excluding hydrogens is 236 g/mol. The lowest BCUT2D eigenvalue weighted by atomic mass is 10.1. The lowest BCUT2D eigenvalue weighted by Gasteiger charge is -2.31. The number of hydrogen-bond acceptors (Lipinski definition) is 3. The van der Waals surface area contributed by atoms with Crippen LogP contribution in [0.2, 0.25) is 0 Å². The molecule has 2 amide bonds. The number of aliphatic carboxylic acids is 1. The van der Waals surface area contributed by atoms with Crippen LogP contribution in [0.5, 0.6) is 0 Å². The number of carboxylic acids is 1. The highest BCUT2D eigenvalue weighted by molar-refractivity contribution is 5.83. The van der Waals surface area contributed by atoms with E-state index in [1.807, 2.05) is 13.0 Å². The average Bonchev–Trinajstić information content (AvgIpc) is 2.71. The van der Waals surface area contributed by atoms with Crippen LogP contribution >= 0.6 is 0 Å². The largest absolute Gasteiger partial charge is 0.480 e. The molecule has 0 aromatic heterocycles. The normalized spacial score (nSPS) is 28.2. The molecule has 2 heterocycles. The Hall–Kier alpha value is -1.56. The number of rotatable bonds is 1. The molecule has 0 aromatic carbocycles. The molecule has 2 N–H and O–H groups in total. The van der Waals surface area contributed by atoms with Gasteiger partial charge < -0.3 is 20.0 Å². The van der Waals surface area contributed by atoms with Crippen molar-refractivity contribution in [3.8, 4) is 0 Å². The second-order valence-corrected chi connectivity index (χ2v) is 4.92. The Kier molecular flexibility index (Phi) is 3.56. The number of aliphatic hydroxyl groups excluding tert-OH is 1. The maximum Gasteiger partial charge on any atom is 0.326 e. The Morgan fingerprint density at radius 2 is 2.17 bits per heavy atom. The zero-order valence-electron chi connectivity index (χ0n) is 10.4. The van der Waals surface area contributed by atoms with E-state index in [1.54, 1.807) is 4.90 Å². The van der Waals surface area contributed by atoms with Gasteiger partial charge in [-0.15, -0.1) is 0 Å². The van der Waals surface area contributed by atoms with Gasteiger partial charge in [0, 0.05) is 26.1 Å². The molecular formula is C12H18N2O4. The van der Waals surface area contributed by atoms with E-state index in [9.17, 15) is 14.7 Å². The summed E-state index contributed by atoms with van der Waals surface area (Å²) in [5, 5.41) is 18.6. The van der Waals surface area contributed by atoms with Crippen molar-refractivity contribution in [3.63, 3.8) is 0 Å². The second-order valence-electron chi connectivity index (χ2n) is 4.92. The van der Waals surface area contributed by atoms with Crippen molar-refractivity contribution in [1.82, 2.24) is 9.80 Å². The zero-order chi connectivity index (χ0) is 13.3. The van der Waals surface area contributed by atoms with Crippen molar-refractivity contribution in [2.75, 3.05) is 19.6 Å². The van der Waals surface area contributed by atoms with E-state index in [0.717, 1.165) is 6.42 Å². The molecule has 2 aliphatic rings. The molecule has 6 nitrogen and oxygen atoms in total. The van der Waals surface area contributed by atoms with Crippen LogP contribution in [0.15, 0.2) is 11.6 Å². The third-order valence-corrected chi connectivity index (χ3v) is 3.52. The first kappa shape index (κ1) is 12.9. The molecule has 0 spiro atoms. The predicted octanol–water partition coefficient (Wildman–Crippen LogP) is 0.278. The fraction of sp³-hybridized carbons (Fsp3) is 0.667. The van der Waals surface area contributed by atoms with Crippen LogP contribution in [0.3, 0.4) is 0 Å². The number of urea groups is 1. The van der Waals surface area contributed by atoms with Crippen molar-refractivity contribution >= 4 is 12.0 Å². The third-order valence-electron chi connectivity index (χ3n) is 3.52. The number of nitrogens with zero attached hydrogens (tertiary/aromatic N) is 2. The SMILES string of the molecule is CC1=CCN(C(=O)N2C[C@H](O)C[C@H]2C(=O)O)CC1. The van der Waals surface area contributed by atoms with Gasteiger partial charge in [-0.05, 0) is 13.3 Å². The molecule has 0 saturated carbocycles. The molecule has 0 unspecified atom stereocenters. The summed E-state index contributed by atoms with van der Waals surface area (Å²) in [5.41, 5.74) is 1.25. The minimum Gasteiger partial charge on any atom is -0.480 e. The Morgan fingerprint density at radius 1 is 1.44 bits per heavy atom. The summed E-state index contributed by atoms with van der Waals surface area (Å²) < 4.78 is 0. The average molecular weight is 254 g/mol. The van der Waals surface area contributed by atoms with Gasteiger partial charge in [0.2, 0.25) is 0 Å². The van der Waals surface area contributed by atoms with Gasteiger partial charge in [-0.1, -0.05) is 11.6 Å². The molecule has 0 aliphatic carbocycles. The van der Waals surface area contributed by atoms with Crippen LogP contribution in [-0.2, 0) is 4.79 Å². The van der Waals surface area contributed by atoms with Crippen molar-refractivity contribution in [3.05, 3.63) is 11.6 Å². The maximum absolute atomic E-state index is 12.2. The van der Waals surface area contributed by atoms with E-state index in [1.165, 1.54) is 10.5 Å². The smallest absolute Gasteiger partial charge is 0.326 e. The van der Waals surface area contributed by atoms with E-state index in [0.29, 0.717) is 13.1 Å². The summed E-state index contributed by atoms with van der Waals surface area (Å²) in [5.74, 6) is -1.05. The summed E-state index contributed by atoms with van der Waals surface area (Å²) in [7, 11) is 0.